The molecule has 0 aromatic heterocycles. The van der Waals surface area contributed by atoms with Gasteiger partial charge in [-0.15, -0.1) is 0 Å². The van der Waals surface area contributed by atoms with E-state index in [0.29, 0.717) is 6.54 Å². The average Bonchev–Trinajstić information content (AvgIpc) is 3.22. The van der Waals surface area contributed by atoms with Crippen LogP contribution in [-0.4, -0.2) is 25.8 Å². The molecule has 2 N–H and O–H groups in total. The van der Waals surface area contributed by atoms with Crippen LogP contribution in [0.4, 0.5) is 10.5 Å². The summed E-state index contributed by atoms with van der Waals surface area (Å²) in [6, 6.07) is 9.69. The first kappa shape index (κ1) is 15.8. The topological polar surface area (TPSA) is 59.6 Å². The maximum atomic E-state index is 12.1. The molecule has 0 unspecified atom stereocenters. The summed E-state index contributed by atoms with van der Waals surface area (Å²) in [6.45, 7) is 4.02. The van der Waals surface area contributed by atoms with Crippen molar-refractivity contribution in [2.75, 3.05) is 25.1 Å². The number of aryl methyl sites for hydroxylation is 1. The van der Waals surface area contributed by atoms with Gasteiger partial charge in [0.1, 0.15) is 11.5 Å². The Bertz CT molecular complexity index is 785. The summed E-state index contributed by atoms with van der Waals surface area (Å²) < 4.78 is 11.6. The van der Waals surface area contributed by atoms with Gasteiger partial charge in [0.15, 0.2) is 0 Å². The maximum Gasteiger partial charge on any atom is 0.319 e. The first-order valence-electron chi connectivity index (χ1n) is 8.75. The van der Waals surface area contributed by atoms with Crippen LogP contribution in [-0.2, 0) is 19.3 Å². The summed E-state index contributed by atoms with van der Waals surface area (Å²) in [5, 5.41) is 5.80. The fraction of sp³-hybridized carbons (Fsp3) is 0.350. The van der Waals surface area contributed by atoms with Crippen molar-refractivity contribution in [2.45, 2.75) is 26.2 Å². The Balaban J connectivity index is 1.40. The van der Waals surface area contributed by atoms with Crippen LogP contribution in [0, 0.1) is 6.92 Å². The van der Waals surface area contributed by atoms with Crippen LogP contribution in [0.1, 0.15) is 22.3 Å². The predicted molar refractivity (Wildman–Crippen MR) is 96.7 cm³/mol. The zero-order valence-electron chi connectivity index (χ0n) is 14.4. The lowest BCUT2D eigenvalue weighted by Gasteiger charge is -2.14. The smallest absolute Gasteiger partial charge is 0.319 e. The van der Waals surface area contributed by atoms with Gasteiger partial charge in [-0.2, -0.15) is 0 Å². The van der Waals surface area contributed by atoms with Crippen molar-refractivity contribution in [3.63, 3.8) is 0 Å². The number of amides is 2. The van der Waals surface area contributed by atoms with Gasteiger partial charge in [0.2, 0.25) is 0 Å². The minimum Gasteiger partial charge on any atom is -0.493 e. The zero-order valence-corrected chi connectivity index (χ0v) is 14.4. The van der Waals surface area contributed by atoms with Crippen LogP contribution in [0.25, 0.3) is 0 Å². The predicted octanol–water partition coefficient (Wildman–Crippen LogP) is 3.23. The second-order valence-electron chi connectivity index (χ2n) is 6.52. The monoisotopic (exact) mass is 338 g/mol. The lowest BCUT2D eigenvalue weighted by Crippen LogP contribution is -2.30. The molecule has 2 aliphatic rings. The van der Waals surface area contributed by atoms with E-state index in [1.165, 1.54) is 16.7 Å². The molecule has 130 valence electrons. The summed E-state index contributed by atoms with van der Waals surface area (Å²) in [4.78, 5) is 12.1. The molecule has 0 bridgehead atoms. The summed E-state index contributed by atoms with van der Waals surface area (Å²) in [5.41, 5.74) is 5.57. The molecule has 2 amide bonds. The van der Waals surface area contributed by atoms with Crippen LogP contribution >= 0.6 is 0 Å². The quantitative estimate of drug-likeness (QED) is 0.900. The normalized spacial score (nSPS) is 14.3. The summed E-state index contributed by atoms with van der Waals surface area (Å²) >= 11 is 0. The number of rotatable bonds is 4. The number of hydrogen-bond acceptors (Lipinski definition) is 3. The third kappa shape index (κ3) is 3.27. The molecule has 25 heavy (non-hydrogen) atoms. The van der Waals surface area contributed by atoms with E-state index < -0.39 is 0 Å². The van der Waals surface area contributed by atoms with Crippen molar-refractivity contribution >= 4 is 11.7 Å². The molecular weight excluding hydrogens is 316 g/mol. The van der Waals surface area contributed by atoms with Gasteiger partial charge < -0.3 is 20.1 Å². The highest BCUT2D eigenvalue weighted by atomic mass is 16.5. The highest BCUT2D eigenvalue weighted by molar-refractivity contribution is 5.89. The van der Waals surface area contributed by atoms with E-state index in [1.54, 1.807) is 0 Å². The number of fused-ring (bicyclic) bond motifs is 2. The van der Waals surface area contributed by atoms with Gasteiger partial charge in [0.05, 0.1) is 13.2 Å². The zero-order chi connectivity index (χ0) is 17.2. The van der Waals surface area contributed by atoms with Crippen molar-refractivity contribution in [2.24, 2.45) is 0 Å². The van der Waals surface area contributed by atoms with Crippen molar-refractivity contribution in [3.05, 3.63) is 52.6 Å². The molecule has 5 heteroatoms. The van der Waals surface area contributed by atoms with Gasteiger partial charge in [0.25, 0.3) is 0 Å². The van der Waals surface area contributed by atoms with E-state index in [1.807, 2.05) is 31.2 Å². The Morgan fingerprint density at radius 3 is 2.92 bits per heavy atom. The van der Waals surface area contributed by atoms with Gasteiger partial charge in [-0.25, -0.2) is 4.79 Å². The Kier molecular flexibility index (Phi) is 4.22. The molecule has 0 atom stereocenters. The first-order chi connectivity index (χ1) is 12.2. The number of nitrogens with one attached hydrogen (secondary N) is 2. The standard InChI is InChI=1S/C20H22N2O3/c1-13-3-2-4-15(11-13)22-20(23)21-8-5-17-16-7-10-24-18(16)12-14-6-9-25-19(14)17/h2-4,11-12H,5-10H2,1H3,(H2,21,22,23). The lowest BCUT2D eigenvalue weighted by molar-refractivity contribution is 0.252. The molecule has 5 nitrogen and oxygen atoms in total. The molecule has 0 saturated heterocycles. The molecule has 0 spiro atoms. The molecular formula is C20H22N2O3. The molecule has 2 aromatic carbocycles. The number of urea groups is 1. The second-order valence-corrected chi connectivity index (χ2v) is 6.52. The molecule has 0 saturated carbocycles. The Morgan fingerprint density at radius 2 is 2.04 bits per heavy atom. The molecule has 2 aliphatic heterocycles. The average molecular weight is 338 g/mol. The van der Waals surface area contributed by atoms with E-state index in [2.05, 4.69) is 16.7 Å². The van der Waals surface area contributed by atoms with E-state index in [9.17, 15) is 4.79 Å². The molecule has 2 aromatic rings. The molecule has 2 heterocycles. The Labute approximate surface area is 147 Å². The summed E-state index contributed by atoms with van der Waals surface area (Å²) in [7, 11) is 0. The van der Waals surface area contributed by atoms with Gasteiger partial charge in [-0.05, 0) is 37.1 Å². The van der Waals surface area contributed by atoms with Crippen molar-refractivity contribution in [1.29, 1.82) is 0 Å². The SMILES string of the molecule is Cc1cccc(NC(=O)NCCc2c3c(cc4c2OCC4)OCC3)c1. The van der Waals surface area contributed by atoms with Crippen molar-refractivity contribution in [3.8, 4) is 11.5 Å². The number of anilines is 1. The minimum atomic E-state index is -0.188. The lowest BCUT2D eigenvalue weighted by atomic mass is 9.97. The number of hydrogen-bond donors (Lipinski definition) is 2. The summed E-state index contributed by atoms with van der Waals surface area (Å²) in [5.74, 6) is 1.99. The van der Waals surface area contributed by atoms with E-state index in [4.69, 9.17) is 9.47 Å². The van der Waals surface area contributed by atoms with E-state index >= 15 is 0 Å². The van der Waals surface area contributed by atoms with Crippen LogP contribution in [0.15, 0.2) is 30.3 Å². The van der Waals surface area contributed by atoms with Crippen LogP contribution in [0.2, 0.25) is 0 Å². The second kappa shape index (κ2) is 6.67. The molecule has 0 fully saturated rings. The van der Waals surface area contributed by atoms with Gasteiger partial charge in [-0.3, -0.25) is 0 Å². The third-order valence-corrected chi connectivity index (χ3v) is 4.70. The van der Waals surface area contributed by atoms with Gasteiger partial charge in [0, 0.05) is 41.8 Å². The highest BCUT2D eigenvalue weighted by Gasteiger charge is 2.26. The molecule has 4 rings (SSSR count). The van der Waals surface area contributed by atoms with Gasteiger partial charge >= 0.3 is 6.03 Å². The molecule has 0 radical (unpaired) electrons. The van der Waals surface area contributed by atoms with Crippen molar-refractivity contribution in [1.82, 2.24) is 5.32 Å². The Morgan fingerprint density at radius 1 is 1.16 bits per heavy atom. The fourth-order valence-corrected chi connectivity index (χ4v) is 3.55. The van der Waals surface area contributed by atoms with Crippen molar-refractivity contribution < 1.29 is 14.3 Å². The number of ether oxygens (including phenoxy) is 2. The van der Waals surface area contributed by atoms with Gasteiger partial charge in [-0.1, -0.05) is 12.1 Å². The highest BCUT2D eigenvalue weighted by Crippen LogP contribution is 2.40. The molecule has 0 aliphatic carbocycles. The van der Waals surface area contributed by atoms with Crippen LogP contribution in [0.3, 0.4) is 0 Å². The van der Waals surface area contributed by atoms with E-state index in [0.717, 1.165) is 55.2 Å². The maximum absolute atomic E-state index is 12.1. The Hall–Kier alpha value is -2.69. The number of carbonyl (C=O) groups excluding carboxylic acids is 1. The largest absolute Gasteiger partial charge is 0.493 e. The summed E-state index contributed by atoms with van der Waals surface area (Å²) in [6.07, 6.45) is 2.59. The number of benzene rings is 2. The van der Waals surface area contributed by atoms with Crippen LogP contribution < -0.4 is 20.1 Å². The minimum absolute atomic E-state index is 0.188. The fourth-order valence-electron chi connectivity index (χ4n) is 3.55. The van der Waals surface area contributed by atoms with Crippen LogP contribution in [0.5, 0.6) is 11.5 Å². The first-order valence-corrected chi connectivity index (χ1v) is 8.75. The number of carbonyl (C=O) groups is 1. The van der Waals surface area contributed by atoms with E-state index in [-0.39, 0.29) is 6.03 Å². The third-order valence-electron chi connectivity index (χ3n) is 4.70.